The zero-order chi connectivity index (χ0) is 25.4. The molecule has 3 heterocycles. The molecule has 36 heavy (non-hydrogen) atoms. The zero-order valence-electron chi connectivity index (χ0n) is 20.4. The number of benzene rings is 2. The predicted molar refractivity (Wildman–Crippen MR) is 135 cm³/mol. The van der Waals surface area contributed by atoms with Crippen LogP contribution in [0.15, 0.2) is 62.2 Å². The largest absolute Gasteiger partial charge is 0.462 e. The standard InChI is InChI=1S/C28H27N3O5/c1-4-16-7-9-18(10-8-16)15-20-26(32)35-24-22(27(33)34-6-3)21(19-13-11-17(5-2)12-14-19)23-25(31(20)24)36-28(29)30-23/h7-15,21H,4-6H2,1-3H3,(H2,29,30)/b20-15+. The van der Waals surface area contributed by atoms with Gasteiger partial charge in [-0.3, -0.25) is 0 Å². The Balaban J connectivity index is 1.84. The number of rotatable bonds is 6. The molecule has 4 aromatic rings. The first-order chi connectivity index (χ1) is 17.4. The molecule has 0 saturated carbocycles. The fraction of sp³-hybridized carbons (Fsp3) is 0.250. The monoisotopic (exact) mass is 485 g/mol. The first kappa shape index (κ1) is 23.4. The van der Waals surface area contributed by atoms with Crippen LogP contribution < -0.4 is 22.3 Å². The maximum Gasteiger partial charge on any atom is 0.362 e. The van der Waals surface area contributed by atoms with E-state index in [-0.39, 0.29) is 35.0 Å². The molecule has 0 aliphatic carbocycles. The van der Waals surface area contributed by atoms with Crippen molar-refractivity contribution in [2.45, 2.75) is 39.5 Å². The Morgan fingerprint density at radius 3 is 2.28 bits per heavy atom. The van der Waals surface area contributed by atoms with Gasteiger partial charge in [0, 0.05) is 0 Å². The summed E-state index contributed by atoms with van der Waals surface area (Å²) in [5.41, 5.74) is 9.89. The SMILES string of the molecule is CCOC(=O)C1=c2oc(=O)/c(=C\c3ccc(CC)cc3)n2-c2oc(N)nc2C1c1ccc(CC)cc1. The fourth-order valence-corrected chi connectivity index (χ4v) is 4.53. The smallest absolute Gasteiger partial charge is 0.362 e. The molecule has 184 valence electrons. The van der Waals surface area contributed by atoms with Crippen LogP contribution in [0.5, 0.6) is 0 Å². The quantitative estimate of drug-likeness (QED) is 0.418. The summed E-state index contributed by atoms with van der Waals surface area (Å²) in [6.45, 7) is 6.02. The van der Waals surface area contributed by atoms with E-state index in [4.69, 9.17) is 19.3 Å². The number of carbonyl (C=O) groups excluding carboxylic acids is 1. The van der Waals surface area contributed by atoms with Crippen LogP contribution in [-0.4, -0.2) is 22.1 Å². The number of ether oxygens (including phenoxy) is 1. The van der Waals surface area contributed by atoms with Crippen molar-refractivity contribution in [2.75, 3.05) is 12.3 Å². The van der Waals surface area contributed by atoms with E-state index in [1.165, 1.54) is 10.1 Å². The Bertz CT molecular complexity index is 1610. The molecule has 1 aliphatic heterocycles. The zero-order valence-corrected chi connectivity index (χ0v) is 20.4. The lowest BCUT2D eigenvalue weighted by Crippen LogP contribution is -2.37. The number of esters is 1. The summed E-state index contributed by atoms with van der Waals surface area (Å²) in [5, 5.41) is 0.188. The second-order valence-corrected chi connectivity index (χ2v) is 8.56. The van der Waals surface area contributed by atoms with Gasteiger partial charge in [0.05, 0.1) is 12.5 Å². The third-order valence-corrected chi connectivity index (χ3v) is 6.40. The van der Waals surface area contributed by atoms with Crippen molar-refractivity contribution >= 4 is 23.6 Å². The minimum absolute atomic E-state index is 0.0445. The summed E-state index contributed by atoms with van der Waals surface area (Å²) in [4.78, 5) is 30.9. The number of nitrogens with zero attached hydrogens (tertiary/aromatic N) is 2. The Kier molecular flexibility index (Phi) is 6.10. The van der Waals surface area contributed by atoms with Gasteiger partial charge in [0.1, 0.15) is 16.6 Å². The minimum atomic E-state index is -0.687. The van der Waals surface area contributed by atoms with Crippen LogP contribution in [-0.2, 0) is 22.4 Å². The summed E-state index contributed by atoms with van der Waals surface area (Å²) < 4.78 is 18.4. The van der Waals surface area contributed by atoms with Crippen LogP contribution >= 0.6 is 0 Å². The van der Waals surface area contributed by atoms with E-state index in [1.807, 2.05) is 48.5 Å². The minimum Gasteiger partial charge on any atom is -0.462 e. The van der Waals surface area contributed by atoms with E-state index in [9.17, 15) is 9.59 Å². The van der Waals surface area contributed by atoms with Gasteiger partial charge in [0.15, 0.2) is 0 Å². The normalized spacial score (nSPS) is 15.0. The van der Waals surface area contributed by atoms with Gasteiger partial charge in [-0.2, -0.15) is 4.98 Å². The molecule has 1 unspecified atom stereocenters. The maximum atomic E-state index is 13.3. The van der Waals surface area contributed by atoms with Gasteiger partial charge in [0.25, 0.3) is 6.01 Å². The van der Waals surface area contributed by atoms with E-state index in [2.05, 4.69) is 18.8 Å². The molecule has 5 rings (SSSR count). The van der Waals surface area contributed by atoms with Crippen LogP contribution in [0.25, 0.3) is 17.5 Å². The van der Waals surface area contributed by atoms with Crippen molar-refractivity contribution < 1.29 is 18.4 Å². The number of aryl methyl sites for hydroxylation is 2. The number of fused-ring (bicyclic) bond motifs is 3. The van der Waals surface area contributed by atoms with Crippen LogP contribution in [0.4, 0.5) is 6.01 Å². The number of hydrogen-bond acceptors (Lipinski definition) is 7. The molecule has 2 aromatic carbocycles. The molecule has 0 fully saturated rings. The highest BCUT2D eigenvalue weighted by atomic mass is 16.5. The molecule has 0 spiro atoms. The van der Waals surface area contributed by atoms with Crippen LogP contribution in [0, 0.1) is 0 Å². The van der Waals surface area contributed by atoms with Gasteiger partial charge < -0.3 is 19.3 Å². The number of carbonyl (C=O) groups is 1. The van der Waals surface area contributed by atoms with Crippen molar-refractivity contribution in [3.8, 4) is 5.88 Å². The summed E-state index contributed by atoms with van der Waals surface area (Å²) in [6.07, 6.45) is 3.47. The highest BCUT2D eigenvalue weighted by Gasteiger charge is 2.39. The van der Waals surface area contributed by atoms with Crippen molar-refractivity contribution in [3.05, 3.63) is 97.8 Å². The molecule has 0 saturated heterocycles. The fourth-order valence-electron chi connectivity index (χ4n) is 4.53. The number of hydrogen-bond donors (Lipinski definition) is 1. The van der Waals surface area contributed by atoms with Crippen molar-refractivity contribution in [2.24, 2.45) is 0 Å². The summed E-state index contributed by atoms with van der Waals surface area (Å²) in [6, 6.07) is 15.6. The van der Waals surface area contributed by atoms with Crippen molar-refractivity contribution in [1.29, 1.82) is 0 Å². The molecule has 0 bridgehead atoms. The Morgan fingerprint density at radius 2 is 1.67 bits per heavy atom. The molecule has 0 radical (unpaired) electrons. The number of anilines is 1. The molecule has 2 N–H and O–H groups in total. The van der Waals surface area contributed by atoms with Gasteiger partial charge in [-0.15, -0.1) is 0 Å². The highest BCUT2D eigenvalue weighted by molar-refractivity contribution is 6.12. The van der Waals surface area contributed by atoms with Gasteiger partial charge in [-0.1, -0.05) is 62.4 Å². The highest BCUT2D eigenvalue weighted by Crippen LogP contribution is 2.38. The molecule has 1 atom stereocenters. The van der Waals surface area contributed by atoms with E-state index in [0.29, 0.717) is 5.69 Å². The molecule has 2 aromatic heterocycles. The molecule has 1 aliphatic rings. The second kappa shape index (κ2) is 9.37. The predicted octanol–water partition coefficient (Wildman–Crippen LogP) is 2.81. The summed E-state index contributed by atoms with van der Waals surface area (Å²) in [5.74, 6) is -1.05. The van der Waals surface area contributed by atoms with E-state index in [0.717, 1.165) is 29.5 Å². The lowest BCUT2D eigenvalue weighted by atomic mass is 9.86. The average Bonchev–Trinajstić information content (AvgIpc) is 3.42. The second-order valence-electron chi connectivity index (χ2n) is 8.56. The third-order valence-electron chi connectivity index (χ3n) is 6.40. The van der Waals surface area contributed by atoms with E-state index in [1.54, 1.807) is 13.0 Å². The van der Waals surface area contributed by atoms with Crippen LogP contribution in [0.2, 0.25) is 0 Å². The van der Waals surface area contributed by atoms with Crippen molar-refractivity contribution in [3.63, 3.8) is 0 Å². The van der Waals surface area contributed by atoms with Crippen LogP contribution in [0.1, 0.15) is 54.6 Å². The first-order valence-electron chi connectivity index (χ1n) is 12.0. The summed E-state index contributed by atoms with van der Waals surface area (Å²) >= 11 is 0. The number of oxazole rings is 2. The Labute approximate surface area is 207 Å². The number of aromatic nitrogens is 2. The third kappa shape index (κ3) is 3.94. The first-order valence-corrected chi connectivity index (χ1v) is 12.0. The van der Waals surface area contributed by atoms with Gasteiger partial charge >= 0.3 is 11.6 Å². The summed E-state index contributed by atoms with van der Waals surface area (Å²) in [7, 11) is 0. The number of nitrogens with two attached hydrogens (primary N) is 1. The maximum absolute atomic E-state index is 13.3. The van der Waals surface area contributed by atoms with Gasteiger partial charge in [-0.25, -0.2) is 14.2 Å². The van der Waals surface area contributed by atoms with E-state index >= 15 is 0 Å². The topological polar surface area (TPSA) is 113 Å². The molecular formula is C28H27N3O5. The molecule has 8 nitrogen and oxygen atoms in total. The molecule has 8 heteroatoms. The Hall–Kier alpha value is -4.33. The molecule has 0 amide bonds. The Morgan fingerprint density at radius 1 is 1.03 bits per heavy atom. The van der Waals surface area contributed by atoms with Crippen LogP contribution in [0.3, 0.4) is 0 Å². The van der Waals surface area contributed by atoms with Gasteiger partial charge in [0.2, 0.25) is 11.4 Å². The molecular weight excluding hydrogens is 458 g/mol. The number of nitrogen functional groups attached to an aromatic ring is 1. The van der Waals surface area contributed by atoms with E-state index < -0.39 is 17.5 Å². The van der Waals surface area contributed by atoms with Crippen molar-refractivity contribution in [1.82, 2.24) is 9.55 Å². The lowest BCUT2D eigenvalue weighted by Gasteiger charge is -2.22. The average molecular weight is 486 g/mol. The van der Waals surface area contributed by atoms with Gasteiger partial charge in [-0.05, 0) is 48.1 Å². The lowest BCUT2D eigenvalue weighted by molar-refractivity contribution is -0.136.